The van der Waals surface area contributed by atoms with E-state index in [1.54, 1.807) is 0 Å². The number of hydrogen-bond acceptors (Lipinski definition) is 5. The molecule has 1 heterocycles. The van der Waals surface area contributed by atoms with E-state index in [1.807, 2.05) is 5.32 Å². The number of carbonyl (C=O) groups is 1. The summed E-state index contributed by atoms with van der Waals surface area (Å²) in [6, 6.07) is 7.51. The Balaban J connectivity index is 2.02. The predicted molar refractivity (Wildman–Crippen MR) is 101 cm³/mol. The summed E-state index contributed by atoms with van der Waals surface area (Å²) in [6.45, 7) is 0. The molecule has 0 fully saturated rings. The number of nitrogens with one attached hydrogen (secondary N) is 2. The van der Waals surface area contributed by atoms with Crippen molar-refractivity contribution in [1.29, 1.82) is 0 Å². The Kier molecular flexibility index (Phi) is 6.02. The highest BCUT2D eigenvalue weighted by Gasteiger charge is 2.48. The van der Waals surface area contributed by atoms with Crippen LogP contribution in [-0.4, -0.2) is 37.1 Å². The van der Waals surface area contributed by atoms with Crippen molar-refractivity contribution >= 4 is 21.4 Å². The number of rotatable bonds is 6. The van der Waals surface area contributed by atoms with Gasteiger partial charge in [-0.1, -0.05) is 12.1 Å². The van der Waals surface area contributed by atoms with Crippen LogP contribution in [0.5, 0.6) is 5.75 Å². The van der Waals surface area contributed by atoms with Crippen LogP contribution in [0.3, 0.4) is 0 Å². The Hall–Kier alpha value is -3.41. The van der Waals surface area contributed by atoms with Gasteiger partial charge in [0.05, 0.1) is 19.0 Å². The lowest BCUT2D eigenvalue weighted by atomic mass is 10.0. The molecule has 1 amide bonds. The summed E-state index contributed by atoms with van der Waals surface area (Å²) in [5.41, 5.74) is -6.16. The van der Waals surface area contributed by atoms with Crippen molar-refractivity contribution in [2.45, 2.75) is 16.8 Å². The second-order valence-corrected chi connectivity index (χ2v) is 8.13. The first-order valence-corrected chi connectivity index (χ1v) is 10.0. The SMILES string of the molecule is COc1ccc(Cc2cn[nH]c2)c(F)c1C(=O)Nc1cc[c]cc1S(=O)(=O)C(F)(F)F. The van der Waals surface area contributed by atoms with E-state index in [1.165, 1.54) is 31.6 Å². The highest BCUT2D eigenvalue weighted by molar-refractivity contribution is 7.92. The molecule has 0 saturated carbocycles. The van der Waals surface area contributed by atoms with E-state index in [9.17, 15) is 26.4 Å². The number of ether oxygens (including phenoxy) is 1. The van der Waals surface area contributed by atoms with Crippen LogP contribution in [0.25, 0.3) is 0 Å². The molecular formula is C19H14F4N3O4S. The molecule has 0 aliphatic rings. The standard InChI is InChI=1S/C19H14F4N3O4S/c1-30-14-7-6-12(8-11-9-24-25-10-11)17(20)16(14)18(27)26-13-4-2-3-5-15(13)31(28,29)19(21,22)23/h2,4-7,9-10H,8H2,1H3,(H,24,25)(H,26,27). The monoisotopic (exact) mass is 456 g/mol. The topological polar surface area (TPSA) is 101 Å². The van der Waals surface area contributed by atoms with Crippen LogP contribution in [0.1, 0.15) is 21.5 Å². The first-order chi connectivity index (χ1) is 14.6. The minimum Gasteiger partial charge on any atom is -0.496 e. The lowest BCUT2D eigenvalue weighted by Crippen LogP contribution is -2.25. The molecule has 0 spiro atoms. The normalized spacial score (nSPS) is 11.9. The first kappa shape index (κ1) is 22.3. The van der Waals surface area contributed by atoms with Gasteiger partial charge in [0.25, 0.3) is 15.7 Å². The molecule has 1 aromatic heterocycles. The maximum Gasteiger partial charge on any atom is 0.501 e. The fourth-order valence-electron chi connectivity index (χ4n) is 2.76. The molecule has 0 atom stereocenters. The summed E-state index contributed by atoms with van der Waals surface area (Å²) in [7, 11) is -4.61. The summed E-state index contributed by atoms with van der Waals surface area (Å²) < 4.78 is 82.7. The fraction of sp³-hybridized carbons (Fsp3) is 0.158. The van der Waals surface area contributed by atoms with Gasteiger partial charge < -0.3 is 10.1 Å². The largest absolute Gasteiger partial charge is 0.501 e. The lowest BCUT2D eigenvalue weighted by molar-refractivity contribution is -0.0435. The Bertz CT molecular complexity index is 1210. The molecule has 7 nitrogen and oxygen atoms in total. The van der Waals surface area contributed by atoms with Gasteiger partial charge in [-0.3, -0.25) is 9.89 Å². The van der Waals surface area contributed by atoms with Gasteiger partial charge in [0.15, 0.2) is 0 Å². The zero-order valence-corrected chi connectivity index (χ0v) is 16.6. The van der Waals surface area contributed by atoms with E-state index in [4.69, 9.17) is 4.74 Å². The number of carbonyl (C=O) groups excluding carboxylic acids is 1. The first-order valence-electron chi connectivity index (χ1n) is 8.52. The van der Waals surface area contributed by atoms with Crippen molar-refractivity contribution in [3.63, 3.8) is 0 Å². The lowest BCUT2D eigenvalue weighted by Gasteiger charge is -2.15. The van der Waals surface area contributed by atoms with Gasteiger partial charge in [0.1, 0.15) is 22.0 Å². The average molecular weight is 456 g/mol. The second-order valence-electron chi connectivity index (χ2n) is 6.22. The van der Waals surface area contributed by atoms with Gasteiger partial charge in [-0.05, 0) is 35.4 Å². The van der Waals surface area contributed by atoms with Gasteiger partial charge in [0.2, 0.25) is 0 Å². The smallest absolute Gasteiger partial charge is 0.496 e. The van der Waals surface area contributed by atoms with E-state index in [-0.39, 0.29) is 17.7 Å². The molecule has 0 unspecified atom stereocenters. The maximum absolute atomic E-state index is 15.1. The summed E-state index contributed by atoms with van der Waals surface area (Å²) in [4.78, 5) is 11.5. The van der Waals surface area contributed by atoms with Crippen molar-refractivity contribution in [3.05, 3.63) is 71.3 Å². The van der Waals surface area contributed by atoms with E-state index < -0.39 is 43.2 Å². The molecule has 3 aromatic rings. The number of nitrogens with zero attached hydrogens (tertiary/aromatic N) is 1. The fourth-order valence-corrected chi connectivity index (χ4v) is 3.65. The molecule has 2 aromatic carbocycles. The number of benzene rings is 2. The minimum absolute atomic E-state index is 0.0700. The summed E-state index contributed by atoms with van der Waals surface area (Å²) in [6.07, 6.45) is 3.05. The van der Waals surface area contributed by atoms with Crippen LogP contribution >= 0.6 is 0 Å². The Morgan fingerprint density at radius 1 is 1.29 bits per heavy atom. The summed E-state index contributed by atoms with van der Waals surface area (Å²) >= 11 is 0. The number of anilines is 1. The number of H-pyrrole nitrogens is 1. The third kappa shape index (κ3) is 4.38. The molecule has 12 heteroatoms. The van der Waals surface area contributed by atoms with Crippen LogP contribution in [0.15, 0.2) is 47.6 Å². The minimum atomic E-state index is -5.78. The molecular weight excluding hydrogens is 442 g/mol. The van der Waals surface area contributed by atoms with Crippen molar-refractivity contribution in [1.82, 2.24) is 10.2 Å². The maximum atomic E-state index is 15.1. The number of amides is 1. The van der Waals surface area contributed by atoms with Crippen LogP contribution in [-0.2, 0) is 16.3 Å². The van der Waals surface area contributed by atoms with E-state index in [0.717, 1.165) is 12.1 Å². The number of sulfone groups is 1. The van der Waals surface area contributed by atoms with Gasteiger partial charge in [-0.2, -0.15) is 18.3 Å². The number of aromatic nitrogens is 2. The Morgan fingerprint density at radius 3 is 2.65 bits per heavy atom. The Labute approximate surface area is 174 Å². The molecule has 0 aliphatic carbocycles. The van der Waals surface area contributed by atoms with E-state index in [0.29, 0.717) is 11.6 Å². The highest BCUT2D eigenvalue weighted by atomic mass is 32.2. The molecule has 2 N–H and O–H groups in total. The van der Waals surface area contributed by atoms with Crippen molar-refractivity contribution < 1.29 is 35.5 Å². The van der Waals surface area contributed by atoms with E-state index in [2.05, 4.69) is 16.3 Å². The molecule has 0 bridgehead atoms. The molecule has 0 saturated heterocycles. The molecule has 3 rings (SSSR count). The van der Waals surface area contributed by atoms with Crippen LogP contribution in [0.2, 0.25) is 0 Å². The van der Waals surface area contributed by atoms with Gasteiger partial charge >= 0.3 is 5.51 Å². The predicted octanol–water partition coefficient (Wildman–Crippen LogP) is 3.49. The van der Waals surface area contributed by atoms with Crippen molar-refractivity contribution in [3.8, 4) is 5.75 Å². The number of methoxy groups -OCH3 is 1. The quantitative estimate of drug-likeness (QED) is 0.553. The zero-order chi connectivity index (χ0) is 22.8. The molecule has 1 radical (unpaired) electrons. The van der Waals surface area contributed by atoms with Gasteiger partial charge in [-0.15, -0.1) is 0 Å². The second kappa shape index (κ2) is 8.38. The number of halogens is 4. The number of alkyl halides is 3. The Morgan fingerprint density at radius 2 is 2.03 bits per heavy atom. The van der Waals surface area contributed by atoms with Crippen LogP contribution < -0.4 is 10.1 Å². The van der Waals surface area contributed by atoms with Gasteiger partial charge in [-0.25, -0.2) is 12.8 Å². The van der Waals surface area contributed by atoms with E-state index >= 15 is 4.39 Å². The van der Waals surface area contributed by atoms with Crippen LogP contribution in [0, 0.1) is 11.9 Å². The van der Waals surface area contributed by atoms with Gasteiger partial charge in [0, 0.05) is 12.6 Å². The third-order valence-electron chi connectivity index (χ3n) is 4.25. The zero-order valence-electron chi connectivity index (χ0n) is 15.7. The molecule has 163 valence electrons. The third-order valence-corrected chi connectivity index (χ3v) is 5.77. The summed E-state index contributed by atoms with van der Waals surface area (Å²) in [5, 5.41) is 8.34. The van der Waals surface area contributed by atoms with Crippen molar-refractivity contribution in [2.24, 2.45) is 0 Å². The summed E-state index contributed by atoms with van der Waals surface area (Å²) in [5.74, 6) is -2.34. The van der Waals surface area contributed by atoms with Crippen LogP contribution in [0.4, 0.5) is 23.2 Å². The highest BCUT2D eigenvalue weighted by Crippen LogP contribution is 2.35. The average Bonchev–Trinajstić information content (AvgIpc) is 3.21. The van der Waals surface area contributed by atoms with Crippen molar-refractivity contribution in [2.75, 3.05) is 12.4 Å². The molecule has 0 aliphatic heterocycles. The number of aromatic amines is 1. The molecule has 31 heavy (non-hydrogen) atoms. The number of hydrogen-bond donors (Lipinski definition) is 2.